The molecule has 2 nitrogen and oxygen atoms in total. The quantitative estimate of drug-likeness (QED) is 0.639. The molecular weight excluding hydrogens is 218 g/mol. The Bertz CT molecular complexity index is 196. The number of amides is 1. The highest BCUT2D eigenvalue weighted by atomic mass is 32.2. The monoisotopic (exact) mass is 245 g/mol. The van der Waals surface area contributed by atoms with E-state index in [1.165, 1.54) is 12.8 Å². The van der Waals surface area contributed by atoms with E-state index in [1.807, 2.05) is 11.8 Å². The molecule has 0 saturated heterocycles. The van der Waals surface area contributed by atoms with Crippen LogP contribution in [0.1, 0.15) is 54.4 Å². The number of hydrogen-bond donors (Lipinski definition) is 0. The molecule has 1 atom stereocenters. The topological polar surface area (TPSA) is 20.3 Å². The Morgan fingerprint density at radius 1 is 1.12 bits per heavy atom. The molecule has 16 heavy (non-hydrogen) atoms. The summed E-state index contributed by atoms with van der Waals surface area (Å²) in [5.74, 6) is 1.37. The zero-order valence-electron chi connectivity index (χ0n) is 11.6. The fourth-order valence-electron chi connectivity index (χ4n) is 1.79. The molecule has 0 heterocycles. The van der Waals surface area contributed by atoms with Crippen molar-refractivity contribution >= 4 is 17.7 Å². The van der Waals surface area contributed by atoms with Gasteiger partial charge in [-0.2, -0.15) is 0 Å². The van der Waals surface area contributed by atoms with E-state index in [-0.39, 0.29) is 11.2 Å². The van der Waals surface area contributed by atoms with E-state index >= 15 is 0 Å². The normalized spacial score (nSPS) is 13.2. The number of thioether (sulfide) groups is 1. The van der Waals surface area contributed by atoms with Crippen LogP contribution in [0.15, 0.2) is 0 Å². The maximum Gasteiger partial charge on any atom is 0.235 e. The van der Waals surface area contributed by atoms with Gasteiger partial charge in [0, 0.05) is 12.1 Å². The van der Waals surface area contributed by atoms with Crippen molar-refractivity contribution in [1.29, 1.82) is 0 Å². The van der Waals surface area contributed by atoms with Crippen LogP contribution in [-0.2, 0) is 4.79 Å². The van der Waals surface area contributed by atoms with E-state index < -0.39 is 0 Å². The van der Waals surface area contributed by atoms with Gasteiger partial charge in [0.05, 0.1) is 5.25 Å². The Morgan fingerprint density at radius 3 is 2.00 bits per heavy atom. The van der Waals surface area contributed by atoms with Crippen LogP contribution >= 0.6 is 11.8 Å². The summed E-state index contributed by atoms with van der Waals surface area (Å²) in [6, 6.07) is 0.587. The van der Waals surface area contributed by atoms with E-state index in [9.17, 15) is 4.79 Å². The summed E-state index contributed by atoms with van der Waals surface area (Å²) in [6.07, 6.45) is 2.40. The van der Waals surface area contributed by atoms with Gasteiger partial charge in [0.25, 0.3) is 0 Å². The maximum absolute atomic E-state index is 12.2. The largest absolute Gasteiger partial charge is 0.337 e. The van der Waals surface area contributed by atoms with Crippen molar-refractivity contribution in [2.45, 2.75) is 71.7 Å². The van der Waals surface area contributed by atoms with Crippen molar-refractivity contribution in [3.05, 3.63) is 0 Å². The van der Waals surface area contributed by atoms with Gasteiger partial charge < -0.3 is 4.90 Å². The fourth-order valence-corrected chi connectivity index (χ4v) is 2.86. The van der Waals surface area contributed by atoms with Crippen LogP contribution in [0.2, 0.25) is 0 Å². The molecule has 0 N–H and O–H groups in total. The molecule has 0 fully saturated rings. The highest BCUT2D eigenvalue weighted by Gasteiger charge is 2.24. The SMILES string of the molecule is CCCCSC(C)C(=O)N(C(C)C)C(C)C. The van der Waals surface area contributed by atoms with E-state index in [0.717, 1.165) is 5.75 Å². The smallest absolute Gasteiger partial charge is 0.235 e. The van der Waals surface area contributed by atoms with Gasteiger partial charge in [0.2, 0.25) is 5.91 Å². The summed E-state index contributed by atoms with van der Waals surface area (Å²) in [6.45, 7) is 12.5. The Hall–Kier alpha value is -0.180. The average Bonchev–Trinajstić information content (AvgIpc) is 2.16. The lowest BCUT2D eigenvalue weighted by Gasteiger charge is -2.33. The summed E-state index contributed by atoms with van der Waals surface area (Å²) in [5, 5.41) is 0.0938. The molecule has 0 aliphatic rings. The lowest BCUT2D eigenvalue weighted by atomic mass is 10.2. The molecule has 0 rings (SSSR count). The number of nitrogens with zero attached hydrogens (tertiary/aromatic N) is 1. The number of rotatable bonds is 7. The van der Waals surface area contributed by atoms with Gasteiger partial charge in [-0.1, -0.05) is 13.3 Å². The lowest BCUT2D eigenvalue weighted by molar-refractivity contribution is -0.133. The molecule has 0 aliphatic carbocycles. The minimum absolute atomic E-state index is 0.0938. The summed E-state index contributed by atoms with van der Waals surface area (Å²) in [5.41, 5.74) is 0. The van der Waals surface area contributed by atoms with Crippen LogP contribution < -0.4 is 0 Å². The van der Waals surface area contributed by atoms with E-state index in [2.05, 4.69) is 34.6 Å². The van der Waals surface area contributed by atoms with Crippen LogP contribution in [0.25, 0.3) is 0 Å². The van der Waals surface area contributed by atoms with Gasteiger partial charge in [-0.15, -0.1) is 11.8 Å². The first-order valence-electron chi connectivity index (χ1n) is 6.35. The molecule has 1 unspecified atom stereocenters. The molecule has 0 aromatic heterocycles. The van der Waals surface area contributed by atoms with Crippen molar-refractivity contribution in [3.63, 3.8) is 0 Å². The molecule has 0 aliphatic heterocycles. The first-order valence-corrected chi connectivity index (χ1v) is 7.40. The first kappa shape index (κ1) is 15.8. The van der Waals surface area contributed by atoms with Crippen molar-refractivity contribution in [3.8, 4) is 0 Å². The lowest BCUT2D eigenvalue weighted by Crippen LogP contribution is -2.45. The third-order valence-corrected chi connectivity index (χ3v) is 3.81. The molecule has 3 heteroatoms. The molecule has 0 aromatic rings. The van der Waals surface area contributed by atoms with Crippen LogP contribution in [0, 0.1) is 0 Å². The third kappa shape index (κ3) is 5.24. The van der Waals surface area contributed by atoms with Gasteiger partial charge in [-0.05, 0) is 46.8 Å². The van der Waals surface area contributed by atoms with Crippen molar-refractivity contribution in [1.82, 2.24) is 4.90 Å². The highest BCUT2D eigenvalue weighted by molar-refractivity contribution is 8.00. The molecule has 0 aromatic carbocycles. The highest BCUT2D eigenvalue weighted by Crippen LogP contribution is 2.18. The zero-order valence-corrected chi connectivity index (χ0v) is 12.4. The summed E-state index contributed by atoms with van der Waals surface area (Å²) >= 11 is 1.78. The van der Waals surface area contributed by atoms with Crippen LogP contribution in [0.3, 0.4) is 0 Å². The Labute approximate surface area is 105 Å². The molecule has 1 amide bonds. The van der Waals surface area contributed by atoms with Gasteiger partial charge >= 0.3 is 0 Å². The van der Waals surface area contributed by atoms with Crippen molar-refractivity contribution < 1.29 is 4.79 Å². The number of hydrogen-bond acceptors (Lipinski definition) is 2. The zero-order chi connectivity index (χ0) is 12.7. The predicted octanol–water partition coefficient (Wildman–Crippen LogP) is 3.55. The molecule has 96 valence electrons. The molecule has 0 bridgehead atoms. The number of carbonyl (C=O) groups excluding carboxylic acids is 1. The Balaban J connectivity index is 4.27. The van der Waals surface area contributed by atoms with Crippen molar-refractivity contribution in [2.24, 2.45) is 0 Å². The van der Waals surface area contributed by atoms with Crippen LogP contribution in [0.4, 0.5) is 0 Å². The second-order valence-corrected chi connectivity index (χ2v) is 6.25. The standard InChI is InChI=1S/C13H27NOS/c1-7-8-9-16-12(6)13(15)14(10(2)3)11(4)5/h10-12H,7-9H2,1-6H3. The first-order chi connectivity index (χ1) is 7.41. The fraction of sp³-hybridized carbons (Fsp3) is 0.923. The van der Waals surface area contributed by atoms with E-state index in [0.29, 0.717) is 12.1 Å². The molecule has 0 spiro atoms. The summed E-state index contributed by atoms with van der Waals surface area (Å²) in [4.78, 5) is 14.2. The van der Waals surface area contributed by atoms with Crippen LogP contribution in [-0.4, -0.2) is 33.9 Å². The van der Waals surface area contributed by atoms with Crippen molar-refractivity contribution in [2.75, 3.05) is 5.75 Å². The number of unbranched alkanes of at least 4 members (excludes halogenated alkanes) is 1. The van der Waals surface area contributed by atoms with E-state index in [4.69, 9.17) is 0 Å². The second kappa shape index (κ2) is 7.99. The van der Waals surface area contributed by atoms with Gasteiger partial charge in [-0.25, -0.2) is 0 Å². The average molecular weight is 245 g/mol. The van der Waals surface area contributed by atoms with Crippen LogP contribution in [0.5, 0.6) is 0 Å². The molecule has 0 saturated carbocycles. The van der Waals surface area contributed by atoms with Gasteiger partial charge in [-0.3, -0.25) is 4.79 Å². The minimum atomic E-state index is 0.0938. The minimum Gasteiger partial charge on any atom is -0.337 e. The third-order valence-electron chi connectivity index (χ3n) is 2.58. The second-order valence-electron chi connectivity index (χ2n) is 4.80. The predicted molar refractivity (Wildman–Crippen MR) is 73.9 cm³/mol. The summed E-state index contributed by atoms with van der Waals surface area (Å²) in [7, 11) is 0. The Kier molecular flexibility index (Phi) is 7.90. The number of carbonyl (C=O) groups is 1. The van der Waals surface area contributed by atoms with Gasteiger partial charge in [0.15, 0.2) is 0 Å². The van der Waals surface area contributed by atoms with E-state index in [1.54, 1.807) is 11.8 Å². The Morgan fingerprint density at radius 2 is 1.62 bits per heavy atom. The maximum atomic E-state index is 12.2. The molecule has 0 radical (unpaired) electrons. The van der Waals surface area contributed by atoms with Gasteiger partial charge in [0.1, 0.15) is 0 Å². The molecular formula is C13H27NOS. The summed E-state index contributed by atoms with van der Waals surface area (Å²) < 4.78 is 0.